The number of carboxylic acids is 1. The molecule has 4 bridgehead atoms. The van der Waals surface area contributed by atoms with E-state index < -0.39 is 52.0 Å². The molecule has 3 aliphatic carbocycles. The summed E-state index contributed by atoms with van der Waals surface area (Å²) < 4.78 is 26.7. The molecule has 7 rings (SSSR count). The lowest BCUT2D eigenvalue weighted by Gasteiger charge is -2.56. The lowest BCUT2D eigenvalue weighted by molar-refractivity contribution is -0.171. The normalized spacial score (nSPS) is 29.9. The number of rotatable bonds is 9. The van der Waals surface area contributed by atoms with E-state index in [9.17, 15) is 19.5 Å². The van der Waals surface area contributed by atoms with Crippen LogP contribution in [-0.4, -0.2) is 51.0 Å². The first-order valence-electron chi connectivity index (χ1n) is 17.0. The van der Waals surface area contributed by atoms with Gasteiger partial charge in [-0.3, -0.25) is 14.4 Å². The monoisotopic (exact) mass is 670 g/mol. The van der Waals surface area contributed by atoms with Crippen molar-refractivity contribution in [3.63, 3.8) is 0 Å². The molecule has 6 aliphatic rings. The zero-order valence-corrected chi connectivity index (χ0v) is 29.9. The summed E-state index contributed by atoms with van der Waals surface area (Å²) >= 11 is 0. The van der Waals surface area contributed by atoms with Gasteiger partial charge in [0, 0.05) is 41.9 Å². The minimum absolute atomic E-state index is 0.0535. The van der Waals surface area contributed by atoms with Gasteiger partial charge in [0.25, 0.3) is 0 Å². The maximum atomic E-state index is 15.1. The van der Waals surface area contributed by atoms with Crippen LogP contribution in [0.4, 0.5) is 0 Å². The number of ether oxygens (including phenoxy) is 4. The molecule has 5 atom stereocenters. The van der Waals surface area contributed by atoms with Crippen molar-refractivity contribution in [2.75, 3.05) is 0 Å². The second-order valence-electron chi connectivity index (χ2n) is 15.3. The predicted octanol–water partition coefficient (Wildman–Crippen LogP) is 7.46. The van der Waals surface area contributed by atoms with Crippen molar-refractivity contribution in [1.29, 1.82) is 0 Å². The van der Waals surface area contributed by atoms with Gasteiger partial charge < -0.3 is 24.1 Å². The lowest BCUT2D eigenvalue weighted by Crippen LogP contribution is -2.72. The summed E-state index contributed by atoms with van der Waals surface area (Å²) in [6, 6.07) is 0. The molecule has 2 unspecified atom stereocenters. The number of ketones is 2. The van der Waals surface area contributed by atoms with Gasteiger partial charge in [-0.2, -0.15) is 0 Å². The SMILES string of the molecule is CC(=O)Oc1c2c(c(CC=C(C)C)c3c1C(=O)C1=C[C@H]4C[C@@H]5C(C)(C)OC(C/C=C(/C)C(=O)O)(C4=O)C15O3)O[C@](C)(CCC=C(C)C)C=C2. The van der Waals surface area contributed by atoms with Crippen molar-refractivity contribution in [1.82, 2.24) is 0 Å². The number of benzene rings is 1. The van der Waals surface area contributed by atoms with Gasteiger partial charge >= 0.3 is 11.9 Å². The lowest BCUT2D eigenvalue weighted by atomic mass is 9.51. The first-order chi connectivity index (χ1) is 22.9. The smallest absolute Gasteiger partial charge is 0.330 e. The quantitative estimate of drug-likeness (QED) is 0.123. The number of fused-ring (bicyclic) bond motifs is 2. The van der Waals surface area contributed by atoms with Crippen LogP contribution in [0.2, 0.25) is 0 Å². The summed E-state index contributed by atoms with van der Waals surface area (Å²) in [6.07, 6.45) is 13.3. The van der Waals surface area contributed by atoms with Crippen LogP contribution in [-0.2, 0) is 25.5 Å². The number of Topliss-reactive ketones (excluding diaryl/α,β-unsaturated/α-hetero) is 2. The molecule has 1 saturated heterocycles. The van der Waals surface area contributed by atoms with Crippen LogP contribution in [0.15, 0.2) is 52.7 Å². The zero-order valence-electron chi connectivity index (χ0n) is 29.9. The molecule has 2 fully saturated rings. The van der Waals surface area contributed by atoms with E-state index in [2.05, 4.69) is 6.08 Å². The largest absolute Gasteiger partial charge is 0.482 e. The van der Waals surface area contributed by atoms with Crippen molar-refractivity contribution >= 4 is 29.6 Å². The summed E-state index contributed by atoms with van der Waals surface area (Å²) in [5.41, 5.74) is -1.08. The molecule has 1 aromatic carbocycles. The fraction of sp³-hybridized carbons (Fsp3) is 0.500. The average molecular weight is 671 g/mol. The molecule has 260 valence electrons. The number of esters is 1. The van der Waals surface area contributed by atoms with Gasteiger partial charge in [0.15, 0.2) is 28.5 Å². The highest BCUT2D eigenvalue weighted by Gasteiger charge is 2.81. The molecule has 1 saturated carbocycles. The van der Waals surface area contributed by atoms with Crippen LogP contribution in [0.25, 0.3) is 6.08 Å². The Bertz CT molecular complexity index is 1840. The molecule has 1 aromatic rings. The molecule has 3 aliphatic heterocycles. The van der Waals surface area contributed by atoms with E-state index in [1.54, 1.807) is 6.08 Å². The molecule has 1 N–H and O–H groups in total. The van der Waals surface area contributed by atoms with E-state index in [-0.39, 0.29) is 40.4 Å². The Hall–Kier alpha value is -4.24. The number of aliphatic carboxylic acids is 1. The predicted molar refractivity (Wildman–Crippen MR) is 184 cm³/mol. The standard InChI is InChI=1S/C40H46O9/c1-21(2)11-10-16-38(9)17-15-27-32(47-38)26(13-12-22(3)4)34-30(33(27)46-24(6)41)31(42)28-19-25-20-29-37(7,8)49-39(35(25)43,40(28,29)48-34)18-14-23(5)36(44)45/h11-12,14-15,17,19,25,29H,10,13,16,18,20H2,1-9H3,(H,44,45)/b23-14-/t25-,29+,38+,39?,40?/m0/s1. The van der Waals surface area contributed by atoms with E-state index >= 15 is 4.79 Å². The Labute approximate surface area is 287 Å². The number of carboxylic acid groups (broad SMARTS) is 1. The molecule has 0 aromatic heterocycles. The van der Waals surface area contributed by atoms with Crippen LogP contribution in [0.1, 0.15) is 109 Å². The minimum atomic E-state index is -1.66. The molecule has 1 spiro atoms. The van der Waals surface area contributed by atoms with E-state index in [1.165, 1.54) is 25.5 Å². The van der Waals surface area contributed by atoms with Crippen LogP contribution in [0.3, 0.4) is 0 Å². The Morgan fingerprint density at radius 1 is 0.980 bits per heavy atom. The highest BCUT2D eigenvalue weighted by atomic mass is 16.6. The van der Waals surface area contributed by atoms with Crippen molar-refractivity contribution in [3.8, 4) is 17.2 Å². The molecular formula is C40H46O9. The minimum Gasteiger partial charge on any atom is -0.482 e. The summed E-state index contributed by atoms with van der Waals surface area (Å²) in [4.78, 5) is 54.0. The third-order valence-electron chi connectivity index (χ3n) is 10.7. The number of carbonyl (C=O) groups excluding carboxylic acids is 3. The highest BCUT2D eigenvalue weighted by molar-refractivity contribution is 6.19. The summed E-state index contributed by atoms with van der Waals surface area (Å²) in [6.45, 7) is 16.6. The first kappa shape index (κ1) is 34.6. The fourth-order valence-corrected chi connectivity index (χ4v) is 8.41. The number of hydrogen-bond acceptors (Lipinski definition) is 8. The van der Waals surface area contributed by atoms with Gasteiger partial charge in [0.2, 0.25) is 0 Å². The number of hydrogen-bond donors (Lipinski definition) is 1. The van der Waals surface area contributed by atoms with Crippen LogP contribution in [0, 0.1) is 11.8 Å². The Morgan fingerprint density at radius 2 is 1.67 bits per heavy atom. The van der Waals surface area contributed by atoms with Gasteiger partial charge in [-0.15, -0.1) is 0 Å². The summed E-state index contributed by atoms with van der Waals surface area (Å²) in [5.74, 6) is -2.71. The number of allylic oxidation sites excluding steroid dienone is 5. The van der Waals surface area contributed by atoms with E-state index in [0.717, 1.165) is 12.0 Å². The third kappa shape index (κ3) is 5.23. The summed E-state index contributed by atoms with van der Waals surface area (Å²) in [7, 11) is 0. The molecule has 9 nitrogen and oxygen atoms in total. The average Bonchev–Trinajstić information content (AvgIpc) is 3.15. The molecule has 9 heteroatoms. The molecule has 0 amide bonds. The van der Waals surface area contributed by atoms with E-state index in [4.69, 9.17) is 18.9 Å². The summed E-state index contributed by atoms with van der Waals surface area (Å²) in [5, 5.41) is 9.70. The van der Waals surface area contributed by atoms with E-state index in [0.29, 0.717) is 36.1 Å². The number of carbonyl (C=O) groups is 4. The van der Waals surface area contributed by atoms with Crippen LogP contribution >= 0.6 is 0 Å². The first-order valence-corrected chi connectivity index (χ1v) is 17.0. The maximum Gasteiger partial charge on any atom is 0.330 e. The van der Waals surface area contributed by atoms with E-state index in [1.807, 2.05) is 66.7 Å². The van der Waals surface area contributed by atoms with Crippen LogP contribution in [0.5, 0.6) is 17.2 Å². The Morgan fingerprint density at radius 3 is 2.31 bits per heavy atom. The zero-order chi connectivity index (χ0) is 35.8. The van der Waals surface area contributed by atoms with Gasteiger partial charge in [0.1, 0.15) is 22.7 Å². The topological polar surface area (TPSA) is 125 Å². The van der Waals surface area contributed by atoms with Crippen molar-refractivity contribution in [3.05, 3.63) is 69.4 Å². The molecule has 49 heavy (non-hydrogen) atoms. The Kier molecular flexibility index (Phi) is 8.25. The van der Waals surface area contributed by atoms with Gasteiger partial charge in [0.05, 0.1) is 11.2 Å². The van der Waals surface area contributed by atoms with Gasteiger partial charge in [-0.25, -0.2) is 4.79 Å². The molecule has 3 heterocycles. The van der Waals surface area contributed by atoms with Crippen molar-refractivity contribution in [2.45, 2.75) is 117 Å². The highest BCUT2D eigenvalue weighted by Crippen LogP contribution is 2.68. The second kappa shape index (κ2) is 11.7. The third-order valence-corrected chi connectivity index (χ3v) is 10.7. The fourth-order valence-electron chi connectivity index (χ4n) is 8.41. The van der Waals surface area contributed by atoms with Crippen LogP contribution < -0.4 is 14.2 Å². The Balaban J connectivity index is 1.64. The maximum absolute atomic E-state index is 15.1. The van der Waals surface area contributed by atoms with Crippen molar-refractivity contribution in [2.24, 2.45) is 11.8 Å². The molecule has 0 radical (unpaired) electrons. The second-order valence-corrected chi connectivity index (χ2v) is 15.3. The van der Waals surface area contributed by atoms with Gasteiger partial charge in [-0.1, -0.05) is 35.5 Å². The van der Waals surface area contributed by atoms with Crippen molar-refractivity contribution < 1.29 is 43.2 Å². The van der Waals surface area contributed by atoms with Gasteiger partial charge in [-0.05, 0) is 93.2 Å². The molecular weight excluding hydrogens is 624 g/mol.